The zero-order chi connectivity index (χ0) is 7.98. The number of carboxylic acid groups (broad SMARTS) is 1. The lowest BCUT2D eigenvalue weighted by Crippen LogP contribution is -1.94. The monoisotopic (exact) mass is 142 g/mol. The molecule has 3 nitrogen and oxygen atoms in total. The quantitative estimate of drug-likeness (QED) is 0.447. The van der Waals surface area contributed by atoms with Crippen LogP contribution >= 0.6 is 0 Å². The molecule has 0 atom stereocenters. The van der Waals surface area contributed by atoms with Crippen LogP contribution in [0.5, 0.6) is 0 Å². The largest absolute Gasteiger partial charge is 0.478 e. The summed E-state index contributed by atoms with van der Waals surface area (Å²) in [4.78, 5) is 10.1. The van der Waals surface area contributed by atoms with Crippen molar-refractivity contribution in [2.75, 3.05) is 6.61 Å². The van der Waals surface area contributed by atoms with Gasteiger partial charge in [0.05, 0.1) is 6.61 Å². The Hall–Kier alpha value is -1.09. The van der Waals surface area contributed by atoms with Gasteiger partial charge in [-0.2, -0.15) is 0 Å². The molecule has 0 aromatic rings. The minimum atomic E-state index is -0.942. The van der Waals surface area contributed by atoms with Crippen molar-refractivity contribution in [1.29, 1.82) is 0 Å². The van der Waals surface area contributed by atoms with E-state index in [1.54, 1.807) is 0 Å². The molecule has 0 saturated carbocycles. The van der Waals surface area contributed by atoms with Crippen LogP contribution in [0.25, 0.3) is 0 Å². The van der Waals surface area contributed by atoms with E-state index in [2.05, 4.69) is 0 Å². The Morgan fingerprint density at radius 1 is 1.60 bits per heavy atom. The summed E-state index contributed by atoms with van der Waals surface area (Å²) in [6.45, 7) is 1.42. The van der Waals surface area contributed by atoms with Gasteiger partial charge in [0.2, 0.25) is 0 Å². The molecular formula is C7H10O3. The summed E-state index contributed by atoms with van der Waals surface area (Å²) in [6.07, 6.45) is 4.40. The number of aliphatic hydroxyl groups is 1. The van der Waals surface area contributed by atoms with Gasteiger partial charge in [0.15, 0.2) is 0 Å². The van der Waals surface area contributed by atoms with Gasteiger partial charge in [-0.05, 0) is 6.92 Å². The van der Waals surface area contributed by atoms with Crippen molar-refractivity contribution in [3.63, 3.8) is 0 Å². The van der Waals surface area contributed by atoms with Crippen LogP contribution in [0.15, 0.2) is 23.8 Å². The number of aliphatic hydroxyl groups excluding tert-OH is 1. The maximum absolute atomic E-state index is 10.1. The minimum absolute atomic E-state index is 0.0661. The average molecular weight is 142 g/mol. The van der Waals surface area contributed by atoms with E-state index in [0.29, 0.717) is 0 Å². The van der Waals surface area contributed by atoms with E-state index in [9.17, 15) is 4.79 Å². The maximum atomic E-state index is 10.1. The van der Waals surface area contributed by atoms with Crippen LogP contribution in [-0.2, 0) is 4.79 Å². The topological polar surface area (TPSA) is 57.5 Å². The molecule has 0 aliphatic rings. The summed E-state index contributed by atoms with van der Waals surface area (Å²) in [6, 6.07) is 0. The van der Waals surface area contributed by atoms with Crippen LogP contribution in [0, 0.1) is 0 Å². The lowest BCUT2D eigenvalue weighted by atomic mass is 10.3. The van der Waals surface area contributed by atoms with Gasteiger partial charge in [0, 0.05) is 5.57 Å². The molecule has 0 amide bonds. The fourth-order valence-corrected chi connectivity index (χ4v) is 0.345. The summed E-state index contributed by atoms with van der Waals surface area (Å²) in [5, 5.41) is 16.6. The smallest absolute Gasteiger partial charge is 0.331 e. The summed E-state index contributed by atoms with van der Waals surface area (Å²) in [5.41, 5.74) is 0.254. The third kappa shape index (κ3) is 3.86. The summed E-state index contributed by atoms with van der Waals surface area (Å²) < 4.78 is 0. The number of carboxylic acids is 1. The van der Waals surface area contributed by atoms with Crippen LogP contribution in [0.1, 0.15) is 6.92 Å². The molecule has 0 unspecified atom stereocenters. The highest BCUT2D eigenvalue weighted by Gasteiger charge is 1.94. The SMILES string of the molecule is C/C(=C/C=C/CO)C(=O)O. The van der Waals surface area contributed by atoms with Crippen molar-refractivity contribution >= 4 is 5.97 Å². The van der Waals surface area contributed by atoms with Gasteiger partial charge in [0.1, 0.15) is 0 Å². The molecule has 0 aromatic heterocycles. The third-order valence-corrected chi connectivity index (χ3v) is 0.925. The normalized spacial score (nSPS) is 12.4. The van der Waals surface area contributed by atoms with Crippen LogP contribution < -0.4 is 0 Å². The molecule has 3 heteroatoms. The number of hydrogen-bond acceptors (Lipinski definition) is 2. The Labute approximate surface area is 59.3 Å². The molecule has 0 radical (unpaired) electrons. The molecular weight excluding hydrogens is 132 g/mol. The first-order valence-electron chi connectivity index (χ1n) is 2.86. The van der Waals surface area contributed by atoms with Gasteiger partial charge < -0.3 is 10.2 Å². The van der Waals surface area contributed by atoms with Gasteiger partial charge in [-0.15, -0.1) is 0 Å². The first-order valence-corrected chi connectivity index (χ1v) is 2.86. The van der Waals surface area contributed by atoms with E-state index in [-0.39, 0.29) is 12.2 Å². The van der Waals surface area contributed by atoms with Crippen LogP contribution in [0.2, 0.25) is 0 Å². The highest BCUT2D eigenvalue weighted by Crippen LogP contribution is 1.91. The van der Waals surface area contributed by atoms with E-state index < -0.39 is 5.97 Å². The molecule has 0 heterocycles. The summed E-state index contributed by atoms with van der Waals surface area (Å²) in [7, 11) is 0. The molecule has 0 aromatic carbocycles. The molecule has 56 valence electrons. The van der Waals surface area contributed by atoms with Crippen molar-refractivity contribution in [1.82, 2.24) is 0 Å². The number of allylic oxidation sites excluding steroid dienone is 2. The van der Waals surface area contributed by atoms with Crippen LogP contribution in [0.4, 0.5) is 0 Å². The second-order valence-corrected chi connectivity index (χ2v) is 1.77. The Bertz CT molecular complexity index is 168. The molecule has 0 aliphatic carbocycles. The lowest BCUT2D eigenvalue weighted by molar-refractivity contribution is -0.132. The Kier molecular flexibility index (Phi) is 4.24. The highest BCUT2D eigenvalue weighted by atomic mass is 16.4. The Morgan fingerprint density at radius 3 is 2.60 bits per heavy atom. The number of carbonyl (C=O) groups is 1. The van der Waals surface area contributed by atoms with Crippen molar-refractivity contribution in [3.8, 4) is 0 Å². The van der Waals surface area contributed by atoms with Crippen LogP contribution in [-0.4, -0.2) is 22.8 Å². The van der Waals surface area contributed by atoms with Crippen LogP contribution in [0.3, 0.4) is 0 Å². The highest BCUT2D eigenvalue weighted by molar-refractivity contribution is 5.86. The standard InChI is InChI=1S/C7H10O3/c1-6(7(9)10)4-2-3-5-8/h2-4,8H,5H2,1H3,(H,9,10)/b3-2+,6-4-. The van der Waals surface area contributed by atoms with Gasteiger partial charge in [-0.1, -0.05) is 18.2 Å². The molecule has 0 bridgehead atoms. The van der Waals surface area contributed by atoms with Gasteiger partial charge >= 0.3 is 5.97 Å². The summed E-state index contributed by atoms with van der Waals surface area (Å²) in [5.74, 6) is -0.942. The molecule has 10 heavy (non-hydrogen) atoms. The molecule has 0 aliphatic heterocycles. The van der Waals surface area contributed by atoms with Crippen molar-refractivity contribution in [2.24, 2.45) is 0 Å². The van der Waals surface area contributed by atoms with E-state index >= 15 is 0 Å². The van der Waals surface area contributed by atoms with Crippen molar-refractivity contribution in [2.45, 2.75) is 6.92 Å². The van der Waals surface area contributed by atoms with E-state index in [1.807, 2.05) is 0 Å². The molecule has 0 rings (SSSR count). The average Bonchev–Trinajstić information content (AvgIpc) is 1.88. The number of rotatable bonds is 3. The second kappa shape index (κ2) is 4.76. The molecule has 0 fully saturated rings. The van der Waals surface area contributed by atoms with E-state index in [1.165, 1.54) is 25.2 Å². The first kappa shape index (κ1) is 8.91. The Balaban J connectivity index is 3.92. The van der Waals surface area contributed by atoms with Gasteiger partial charge in [0.25, 0.3) is 0 Å². The molecule has 0 saturated heterocycles. The van der Waals surface area contributed by atoms with Gasteiger partial charge in [-0.25, -0.2) is 4.79 Å². The van der Waals surface area contributed by atoms with Gasteiger partial charge in [-0.3, -0.25) is 0 Å². The van der Waals surface area contributed by atoms with Crippen molar-refractivity contribution in [3.05, 3.63) is 23.8 Å². The van der Waals surface area contributed by atoms with E-state index in [0.717, 1.165) is 0 Å². The zero-order valence-corrected chi connectivity index (χ0v) is 5.74. The second-order valence-electron chi connectivity index (χ2n) is 1.77. The molecule has 2 N–H and O–H groups in total. The Morgan fingerprint density at radius 2 is 2.20 bits per heavy atom. The van der Waals surface area contributed by atoms with E-state index in [4.69, 9.17) is 10.2 Å². The number of aliphatic carboxylic acids is 1. The maximum Gasteiger partial charge on any atom is 0.331 e. The number of hydrogen-bond donors (Lipinski definition) is 2. The minimum Gasteiger partial charge on any atom is -0.478 e. The first-order chi connectivity index (χ1) is 4.68. The third-order valence-electron chi connectivity index (χ3n) is 0.925. The fourth-order valence-electron chi connectivity index (χ4n) is 0.345. The molecule has 0 spiro atoms. The van der Waals surface area contributed by atoms with Crippen molar-refractivity contribution < 1.29 is 15.0 Å². The lowest BCUT2D eigenvalue weighted by Gasteiger charge is -1.86. The summed E-state index contributed by atoms with van der Waals surface area (Å²) >= 11 is 0. The fraction of sp³-hybridized carbons (Fsp3) is 0.286. The predicted molar refractivity (Wildman–Crippen MR) is 37.6 cm³/mol. The predicted octanol–water partition coefficient (Wildman–Crippen LogP) is 0.566. The zero-order valence-electron chi connectivity index (χ0n) is 5.74.